The van der Waals surface area contributed by atoms with Crippen LogP contribution in [0.1, 0.15) is 56.2 Å². The van der Waals surface area contributed by atoms with E-state index in [0.717, 1.165) is 31.2 Å². The highest BCUT2D eigenvalue weighted by atomic mass is 16.6. The molecule has 0 spiro atoms. The predicted molar refractivity (Wildman–Crippen MR) is 154 cm³/mol. The smallest absolute Gasteiger partial charge is 0.272 e. The Balaban J connectivity index is 1.54. The maximum atomic E-state index is 14.3. The summed E-state index contributed by atoms with van der Waals surface area (Å²) in [5.74, 6) is 0.212. The highest BCUT2D eigenvalue weighted by Gasteiger charge is 2.39. The number of nitrogens with one attached hydrogen (secondary N) is 2. The molecule has 0 bridgehead atoms. The van der Waals surface area contributed by atoms with Gasteiger partial charge in [-0.1, -0.05) is 61.2 Å². The van der Waals surface area contributed by atoms with E-state index in [1.54, 1.807) is 36.4 Å². The van der Waals surface area contributed by atoms with E-state index in [9.17, 15) is 14.4 Å². The number of amides is 3. The van der Waals surface area contributed by atoms with Gasteiger partial charge in [0.2, 0.25) is 17.9 Å². The zero-order chi connectivity index (χ0) is 28.1. The first kappa shape index (κ1) is 27.2. The molecule has 0 radical (unpaired) electrons. The van der Waals surface area contributed by atoms with E-state index in [4.69, 9.17) is 9.47 Å². The molecule has 8 nitrogen and oxygen atoms in total. The Labute approximate surface area is 234 Å². The zero-order valence-electron chi connectivity index (χ0n) is 22.9. The third-order valence-electron chi connectivity index (χ3n) is 7.34. The van der Waals surface area contributed by atoms with Gasteiger partial charge in [0.05, 0.1) is 0 Å². The number of hydrogen-bond acceptors (Lipinski definition) is 5. The van der Waals surface area contributed by atoms with E-state index >= 15 is 0 Å². The summed E-state index contributed by atoms with van der Waals surface area (Å²) in [5.41, 5.74) is 2.84. The number of nitrogens with zero attached hydrogens (tertiary/aromatic N) is 1. The van der Waals surface area contributed by atoms with Crippen molar-refractivity contribution in [3.63, 3.8) is 0 Å². The molecule has 2 atom stereocenters. The maximum absolute atomic E-state index is 14.3. The summed E-state index contributed by atoms with van der Waals surface area (Å²) in [6.45, 7) is 3.43. The lowest BCUT2D eigenvalue weighted by Gasteiger charge is -2.36. The number of fused-ring (bicyclic) bond motifs is 1. The molecule has 1 aliphatic heterocycles. The second kappa shape index (κ2) is 12.2. The fourth-order valence-corrected chi connectivity index (χ4v) is 5.30. The van der Waals surface area contributed by atoms with Crippen molar-refractivity contribution < 1.29 is 23.9 Å². The Hall–Kier alpha value is -4.33. The van der Waals surface area contributed by atoms with E-state index in [1.807, 2.05) is 43.3 Å². The standard InChI is InChI=1S/C32H35N3O5/c1-21-12-14-23(15-13-21)30(31(37)34-24-8-4-3-5-9-24)35(26-18-16-25(17-19-26)33-22(2)36)32(38)29-20-39-27-10-6-7-11-28(27)40-29/h6-7,10-19,24,29-30H,3-5,8-9,20H2,1-2H3,(H,33,36)(H,34,37)/t29-,30-/m0/s1. The topological polar surface area (TPSA) is 97.0 Å². The molecular formula is C32H35N3O5. The number of carbonyl (C=O) groups excluding carboxylic acids is 3. The van der Waals surface area contributed by atoms with Gasteiger partial charge in [-0.05, 0) is 61.7 Å². The van der Waals surface area contributed by atoms with Crippen LogP contribution < -0.4 is 25.0 Å². The molecule has 8 heteroatoms. The normalized spacial score (nSPS) is 17.4. The third-order valence-corrected chi connectivity index (χ3v) is 7.34. The van der Waals surface area contributed by atoms with Crippen LogP contribution in [0.2, 0.25) is 0 Å². The molecule has 1 fully saturated rings. The predicted octanol–water partition coefficient (Wildman–Crippen LogP) is 5.32. The minimum absolute atomic E-state index is 0.0151. The molecule has 3 aromatic carbocycles. The van der Waals surface area contributed by atoms with Crippen molar-refractivity contribution in [3.8, 4) is 11.5 Å². The Morgan fingerprint density at radius 3 is 2.23 bits per heavy atom. The lowest BCUT2D eigenvalue weighted by Crippen LogP contribution is -2.52. The van der Waals surface area contributed by atoms with E-state index < -0.39 is 18.1 Å². The minimum atomic E-state index is -0.958. The first-order chi connectivity index (χ1) is 19.4. The van der Waals surface area contributed by atoms with E-state index in [-0.39, 0.29) is 24.5 Å². The Kier molecular flexibility index (Phi) is 8.34. The molecule has 3 aromatic rings. The van der Waals surface area contributed by atoms with E-state index in [2.05, 4.69) is 10.6 Å². The van der Waals surface area contributed by atoms with Crippen LogP contribution in [0.25, 0.3) is 0 Å². The molecule has 5 rings (SSSR count). The SMILES string of the molecule is CC(=O)Nc1ccc(N(C(=O)[C@@H]2COc3ccccc3O2)[C@H](C(=O)NC2CCCCC2)c2ccc(C)cc2)cc1. The van der Waals surface area contributed by atoms with Gasteiger partial charge in [0, 0.05) is 24.3 Å². The van der Waals surface area contributed by atoms with E-state index in [0.29, 0.717) is 28.4 Å². The fourth-order valence-electron chi connectivity index (χ4n) is 5.30. The average Bonchev–Trinajstić information content (AvgIpc) is 2.96. The van der Waals surface area contributed by atoms with Crippen LogP contribution in [-0.4, -0.2) is 36.5 Å². The van der Waals surface area contributed by atoms with Gasteiger partial charge in [-0.15, -0.1) is 0 Å². The second-order valence-corrected chi connectivity index (χ2v) is 10.5. The summed E-state index contributed by atoms with van der Waals surface area (Å²) in [6.07, 6.45) is 4.18. The molecule has 3 amide bonds. The van der Waals surface area contributed by atoms with Crippen LogP contribution in [0.15, 0.2) is 72.8 Å². The van der Waals surface area contributed by atoms with Gasteiger partial charge in [0.1, 0.15) is 12.6 Å². The molecule has 208 valence electrons. The van der Waals surface area contributed by atoms with Gasteiger partial charge in [-0.25, -0.2) is 0 Å². The largest absolute Gasteiger partial charge is 0.485 e. The van der Waals surface area contributed by atoms with Crippen molar-refractivity contribution in [1.82, 2.24) is 5.32 Å². The molecule has 1 aliphatic carbocycles. The van der Waals surface area contributed by atoms with E-state index in [1.165, 1.54) is 18.2 Å². The minimum Gasteiger partial charge on any atom is -0.485 e. The van der Waals surface area contributed by atoms with Gasteiger partial charge < -0.3 is 20.1 Å². The van der Waals surface area contributed by atoms with Gasteiger partial charge >= 0.3 is 0 Å². The number of benzene rings is 3. The van der Waals surface area contributed by atoms with Gasteiger partial charge in [0.15, 0.2) is 11.5 Å². The van der Waals surface area contributed by atoms with Crippen LogP contribution in [-0.2, 0) is 14.4 Å². The molecule has 1 saturated carbocycles. The highest BCUT2D eigenvalue weighted by Crippen LogP contribution is 2.35. The van der Waals surface area contributed by atoms with Crippen LogP contribution in [0, 0.1) is 6.92 Å². The Morgan fingerprint density at radius 2 is 1.55 bits per heavy atom. The van der Waals surface area contributed by atoms with Crippen molar-refractivity contribution >= 4 is 29.1 Å². The van der Waals surface area contributed by atoms with Crippen molar-refractivity contribution in [2.45, 2.75) is 64.1 Å². The maximum Gasteiger partial charge on any atom is 0.272 e. The van der Waals surface area contributed by atoms with Crippen LogP contribution in [0.5, 0.6) is 11.5 Å². The number of ether oxygens (including phenoxy) is 2. The molecule has 2 N–H and O–H groups in total. The lowest BCUT2D eigenvalue weighted by molar-refractivity contribution is -0.132. The molecule has 0 aromatic heterocycles. The van der Waals surface area contributed by atoms with Gasteiger partial charge in [-0.2, -0.15) is 0 Å². The van der Waals surface area contributed by atoms with Crippen LogP contribution in [0.3, 0.4) is 0 Å². The summed E-state index contributed by atoms with van der Waals surface area (Å²) < 4.78 is 12.0. The number of para-hydroxylation sites is 2. The van der Waals surface area contributed by atoms with Gasteiger partial charge in [0.25, 0.3) is 5.91 Å². The molecular weight excluding hydrogens is 506 g/mol. The number of carbonyl (C=O) groups is 3. The van der Waals surface area contributed by atoms with Crippen molar-refractivity contribution in [2.75, 3.05) is 16.8 Å². The molecule has 40 heavy (non-hydrogen) atoms. The molecule has 0 unspecified atom stereocenters. The summed E-state index contributed by atoms with van der Waals surface area (Å²) >= 11 is 0. The molecule has 1 heterocycles. The average molecular weight is 542 g/mol. The quantitative estimate of drug-likeness (QED) is 0.422. The first-order valence-electron chi connectivity index (χ1n) is 13.8. The molecule has 2 aliphatic rings. The lowest BCUT2D eigenvalue weighted by atomic mass is 9.94. The number of aryl methyl sites for hydroxylation is 1. The third kappa shape index (κ3) is 6.28. The fraction of sp³-hybridized carbons (Fsp3) is 0.344. The second-order valence-electron chi connectivity index (χ2n) is 10.5. The van der Waals surface area contributed by atoms with Crippen LogP contribution >= 0.6 is 0 Å². The van der Waals surface area contributed by atoms with Crippen molar-refractivity contribution in [1.29, 1.82) is 0 Å². The monoisotopic (exact) mass is 541 g/mol. The van der Waals surface area contributed by atoms with Gasteiger partial charge in [-0.3, -0.25) is 19.3 Å². The number of anilines is 2. The van der Waals surface area contributed by atoms with Crippen molar-refractivity contribution in [3.05, 3.63) is 83.9 Å². The highest BCUT2D eigenvalue weighted by molar-refractivity contribution is 6.04. The number of rotatable bonds is 7. The zero-order valence-corrected chi connectivity index (χ0v) is 22.9. The summed E-state index contributed by atoms with van der Waals surface area (Å²) in [7, 11) is 0. The summed E-state index contributed by atoms with van der Waals surface area (Å²) in [5, 5.41) is 5.98. The Bertz CT molecular complexity index is 1350. The first-order valence-corrected chi connectivity index (χ1v) is 13.8. The van der Waals surface area contributed by atoms with Crippen molar-refractivity contribution in [2.24, 2.45) is 0 Å². The number of hydrogen-bond donors (Lipinski definition) is 2. The summed E-state index contributed by atoms with van der Waals surface area (Å²) in [4.78, 5) is 41.5. The Morgan fingerprint density at radius 1 is 0.875 bits per heavy atom. The molecule has 0 saturated heterocycles. The summed E-state index contributed by atoms with van der Waals surface area (Å²) in [6, 6.07) is 20.9. The van der Waals surface area contributed by atoms with Crippen LogP contribution in [0.4, 0.5) is 11.4 Å².